The highest BCUT2D eigenvalue weighted by atomic mass is 32.1. The van der Waals surface area contributed by atoms with E-state index in [2.05, 4.69) is 4.98 Å². The number of anilines is 1. The molecule has 0 aromatic carbocycles. The number of carbonyl (C=O) groups is 1. The minimum absolute atomic E-state index is 0.0571. The summed E-state index contributed by atoms with van der Waals surface area (Å²) < 4.78 is 5.25. The van der Waals surface area contributed by atoms with Gasteiger partial charge >= 0.3 is 0 Å². The van der Waals surface area contributed by atoms with Crippen LogP contribution in [0.1, 0.15) is 27.9 Å². The molecule has 90 valence electrons. The van der Waals surface area contributed by atoms with Crippen LogP contribution in [0.2, 0.25) is 0 Å². The first kappa shape index (κ1) is 11.9. The quantitative estimate of drug-likeness (QED) is 0.783. The molecule has 2 heterocycles. The lowest BCUT2D eigenvalue weighted by Gasteiger charge is -2.14. The van der Waals surface area contributed by atoms with Gasteiger partial charge in [0, 0.05) is 26.1 Å². The average Bonchev–Trinajstić information content (AvgIpc) is 2.88. The Hall–Kier alpha value is -1.62. The smallest absolute Gasteiger partial charge is 0.185 e. The van der Waals surface area contributed by atoms with Crippen molar-refractivity contribution >= 4 is 22.3 Å². The third kappa shape index (κ3) is 2.55. The Kier molecular flexibility index (Phi) is 3.28. The molecule has 0 radical (unpaired) electrons. The van der Waals surface area contributed by atoms with Crippen molar-refractivity contribution < 1.29 is 9.21 Å². The lowest BCUT2D eigenvalue weighted by atomic mass is 10.2. The van der Waals surface area contributed by atoms with Crippen LogP contribution in [0.25, 0.3) is 0 Å². The van der Waals surface area contributed by atoms with E-state index in [-0.39, 0.29) is 5.78 Å². The predicted octanol–water partition coefficient (Wildman–Crippen LogP) is 2.88. The van der Waals surface area contributed by atoms with E-state index in [1.54, 1.807) is 19.4 Å². The maximum atomic E-state index is 11.2. The topological polar surface area (TPSA) is 46.3 Å². The number of carbonyl (C=O) groups excluding carboxylic acids is 1. The summed E-state index contributed by atoms with van der Waals surface area (Å²) in [4.78, 5) is 18.1. The van der Waals surface area contributed by atoms with E-state index in [1.807, 2.05) is 24.9 Å². The van der Waals surface area contributed by atoms with Gasteiger partial charge in [0.2, 0.25) is 0 Å². The third-order valence-corrected chi connectivity index (χ3v) is 3.75. The second kappa shape index (κ2) is 4.71. The molecule has 2 aromatic heterocycles. The number of aryl methyl sites for hydroxylation is 1. The van der Waals surface area contributed by atoms with Crippen molar-refractivity contribution in [2.75, 3.05) is 11.9 Å². The number of furan rings is 1. The number of hydrogen-bond donors (Lipinski definition) is 0. The zero-order valence-electron chi connectivity index (χ0n) is 10.1. The highest BCUT2D eigenvalue weighted by Crippen LogP contribution is 2.24. The Labute approximate surface area is 104 Å². The molecule has 0 fully saturated rings. The van der Waals surface area contributed by atoms with Gasteiger partial charge < -0.3 is 9.32 Å². The van der Waals surface area contributed by atoms with Crippen LogP contribution in [0.4, 0.5) is 5.13 Å². The fourth-order valence-corrected chi connectivity index (χ4v) is 2.27. The number of hydrogen-bond acceptors (Lipinski definition) is 5. The first-order chi connectivity index (χ1) is 8.08. The minimum atomic E-state index is 0.0571. The Balaban J connectivity index is 2.12. The Morgan fingerprint density at radius 2 is 2.35 bits per heavy atom. The fraction of sp³-hybridized carbons (Fsp3) is 0.333. The van der Waals surface area contributed by atoms with Crippen molar-refractivity contribution in [1.82, 2.24) is 4.98 Å². The van der Waals surface area contributed by atoms with Gasteiger partial charge in [-0.05, 0) is 13.0 Å². The SMILES string of the molecule is CC(=O)c1cnc(N(C)Cc2ccoc2C)s1. The van der Waals surface area contributed by atoms with Crippen molar-refractivity contribution in [2.24, 2.45) is 0 Å². The second-order valence-electron chi connectivity index (χ2n) is 3.92. The second-order valence-corrected chi connectivity index (χ2v) is 4.93. The lowest BCUT2D eigenvalue weighted by Crippen LogP contribution is -2.16. The highest BCUT2D eigenvalue weighted by molar-refractivity contribution is 7.17. The molecule has 0 aliphatic rings. The summed E-state index contributed by atoms with van der Waals surface area (Å²) in [6, 6.07) is 1.95. The first-order valence-electron chi connectivity index (χ1n) is 5.29. The van der Waals surface area contributed by atoms with Gasteiger partial charge in [-0.3, -0.25) is 4.79 Å². The van der Waals surface area contributed by atoms with Crippen LogP contribution in [0, 0.1) is 6.92 Å². The van der Waals surface area contributed by atoms with E-state index in [1.165, 1.54) is 11.3 Å². The molecule has 0 aliphatic heterocycles. The molecule has 5 heteroatoms. The summed E-state index contributed by atoms with van der Waals surface area (Å²) in [6.07, 6.45) is 3.31. The maximum Gasteiger partial charge on any atom is 0.185 e. The van der Waals surface area contributed by atoms with Gasteiger partial charge in [0.05, 0.1) is 17.3 Å². The van der Waals surface area contributed by atoms with E-state index in [0.717, 1.165) is 23.0 Å². The number of Topliss-reactive ketones (excluding diaryl/α,β-unsaturated/α-hetero) is 1. The van der Waals surface area contributed by atoms with E-state index in [4.69, 9.17) is 4.42 Å². The van der Waals surface area contributed by atoms with Crippen LogP contribution in [-0.4, -0.2) is 17.8 Å². The molecule has 0 bridgehead atoms. The summed E-state index contributed by atoms with van der Waals surface area (Å²) in [5.41, 5.74) is 1.13. The van der Waals surface area contributed by atoms with E-state index in [0.29, 0.717) is 4.88 Å². The molecule has 2 rings (SSSR count). The summed E-state index contributed by atoms with van der Waals surface area (Å²) in [7, 11) is 1.95. The predicted molar refractivity (Wildman–Crippen MR) is 67.7 cm³/mol. The molecule has 0 spiro atoms. The number of rotatable bonds is 4. The molecule has 0 saturated carbocycles. The van der Waals surface area contributed by atoms with Crippen molar-refractivity contribution in [3.63, 3.8) is 0 Å². The van der Waals surface area contributed by atoms with Crippen LogP contribution < -0.4 is 4.90 Å². The molecule has 0 N–H and O–H groups in total. The summed E-state index contributed by atoms with van der Waals surface area (Å²) in [5, 5.41) is 0.843. The Morgan fingerprint density at radius 3 is 2.88 bits per heavy atom. The van der Waals surface area contributed by atoms with Crippen molar-refractivity contribution in [1.29, 1.82) is 0 Å². The Morgan fingerprint density at radius 1 is 1.59 bits per heavy atom. The highest BCUT2D eigenvalue weighted by Gasteiger charge is 2.11. The van der Waals surface area contributed by atoms with Gasteiger partial charge in [-0.25, -0.2) is 4.98 Å². The number of thiazole rings is 1. The zero-order chi connectivity index (χ0) is 12.4. The molecule has 0 amide bonds. The van der Waals surface area contributed by atoms with Crippen molar-refractivity contribution in [3.8, 4) is 0 Å². The van der Waals surface area contributed by atoms with E-state index >= 15 is 0 Å². The molecule has 0 unspecified atom stereocenters. The number of aromatic nitrogens is 1. The van der Waals surface area contributed by atoms with Crippen LogP contribution in [0.15, 0.2) is 22.9 Å². The first-order valence-corrected chi connectivity index (χ1v) is 6.10. The van der Waals surface area contributed by atoms with E-state index in [9.17, 15) is 4.79 Å². The average molecular weight is 250 g/mol. The van der Waals surface area contributed by atoms with Crippen LogP contribution in [-0.2, 0) is 6.54 Å². The number of ketones is 1. The summed E-state index contributed by atoms with van der Waals surface area (Å²) in [5.74, 6) is 0.974. The standard InChI is InChI=1S/C12H14N2O2S/c1-8(15)11-6-13-12(17-11)14(3)7-10-4-5-16-9(10)2/h4-6H,7H2,1-3H3. The Bertz CT molecular complexity index is 530. The van der Waals surface area contributed by atoms with Gasteiger partial charge in [0.1, 0.15) is 5.76 Å². The molecular weight excluding hydrogens is 236 g/mol. The largest absolute Gasteiger partial charge is 0.469 e. The lowest BCUT2D eigenvalue weighted by molar-refractivity contribution is 0.102. The monoisotopic (exact) mass is 250 g/mol. The molecule has 17 heavy (non-hydrogen) atoms. The van der Waals surface area contributed by atoms with Crippen LogP contribution in [0.3, 0.4) is 0 Å². The molecule has 0 aliphatic carbocycles. The number of nitrogens with zero attached hydrogens (tertiary/aromatic N) is 2. The van der Waals surface area contributed by atoms with Gasteiger partial charge in [-0.1, -0.05) is 11.3 Å². The third-order valence-electron chi connectivity index (χ3n) is 2.54. The van der Waals surface area contributed by atoms with Crippen molar-refractivity contribution in [2.45, 2.75) is 20.4 Å². The minimum Gasteiger partial charge on any atom is -0.469 e. The molecule has 0 atom stereocenters. The van der Waals surface area contributed by atoms with Gasteiger partial charge in [0.15, 0.2) is 10.9 Å². The van der Waals surface area contributed by atoms with Gasteiger partial charge in [-0.15, -0.1) is 0 Å². The van der Waals surface area contributed by atoms with Crippen LogP contribution in [0.5, 0.6) is 0 Å². The normalized spacial score (nSPS) is 10.5. The summed E-state index contributed by atoms with van der Waals surface area (Å²) >= 11 is 1.41. The molecular formula is C12H14N2O2S. The van der Waals surface area contributed by atoms with Crippen LogP contribution >= 0.6 is 11.3 Å². The van der Waals surface area contributed by atoms with Gasteiger partial charge in [-0.2, -0.15) is 0 Å². The zero-order valence-corrected chi connectivity index (χ0v) is 10.9. The molecule has 4 nitrogen and oxygen atoms in total. The molecule has 0 saturated heterocycles. The fourth-order valence-electron chi connectivity index (χ4n) is 1.50. The van der Waals surface area contributed by atoms with E-state index < -0.39 is 0 Å². The summed E-state index contributed by atoms with van der Waals surface area (Å²) in [6.45, 7) is 4.22. The molecule has 2 aromatic rings. The maximum absolute atomic E-state index is 11.2. The van der Waals surface area contributed by atoms with Gasteiger partial charge in [0.25, 0.3) is 0 Å². The van der Waals surface area contributed by atoms with Crippen molar-refractivity contribution in [3.05, 3.63) is 34.7 Å².